The summed E-state index contributed by atoms with van der Waals surface area (Å²) in [6.07, 6.45) is 2.05. The lowest BCUT2D eigenvalue weighted by molar-refractivity contribution is 0.149. The fourth-order valence-electron chi connectivity index (χ4n) is 1.39. The molecule has 0 amide bonds. The molecule has 1 aromatic heterocycles. The number of aromatic nitrogens is 2. The zero-order valence-corrected chi connectivity index (χ0v) is 9.13. The monoisotopic (exact) mass is 226 g/mol. The van der Waals surface area contributed by atoms with Gasteiger partial charge in [-0.3, -0.25) is 9.97 Å². The zero-order chi connectivity index (χ0) is 12.0. The molecular weight excluding hydrogens is 208 g/mol. The molecule has 0 saturated heterocycles. The Morgan fingerprint density at radius 1 is 1.12 bits per heavy atom. The summed E-state index contributed by atoms with van der Waals surface area (Å²) >= 11 is 0. The van der Waals surface area contributed by atoms with Gasteiger partial charge in [-0.25, -0.2) is 0 Å². The van der Waals surface area contributed by atoms with Gasteiger partial charge in [0, 0.05) is 32.2 Å². The van der Waals surface area contributed by atoms with E-state index in [-0.39, 0.29) is 25.7 Å². The third-order valence-corrected chi connectivity index (χ3v) is 2.38. The van der Waals surface area contributed by atoms with Crippen molar-refractivity contribution in [2.45, 2.75) is 19.5 Å². The number of aliphatic hydroxyl groups excluding tert-OH is 2. The van der Waals surface area contributed by atoms with Crippen molar-refractivity contribution in [3.63, 3.8) is 0 Å². The molecule has 0 aliphatic heterocycles. The molecule has 1 heterocycles. The molecule has 0 bridgehead atoms. The second kappa shape index (κ2) is 6.49. The molecule has 0 atom stereocenters. The fraction of sp³-hybridized carbons (Fsp3) is 0.600. The van der Waals surface area contributed by atoms with Gasteiger partial charge < -0.3 is 21.7 Å². The van der Waals surface area contributed by atoms with Crippen LogP contribution in [0.1, 0.15) is 17.1 Å². The molecule has 0 unspecified atom stereocenters. The topological polar surface area (TPSA) is 118 Å². The van der Waals surface area contributed by atoms with Crippen LogP contribution in [-0.2, 0) is 19.5 Å². The molecule has 1 rings (SSSR count). The van der Waals surface area contributed by atoms with Crippen LogP contribution < -0.4 is 11.5 Å². The van der Waals surface area contributed by atoms with Crippen molar-refractivity contribution in [2.75, 3.05) is 13.2 Å². The first kappa shape index (κ1) is 13.0. The molecule has 0 aromatic carbocycles. The van der Waals surface area contributed by atoms with E-state index in [2.05, 4.69) is 9.97 Å². The van der Waals surface area contributed by atoms with E-state index >= 15 is 0 Å². The van der Waals surface area contributed by atoms with E-state index < -0.39 is 0 Å². The largest absolute Gasteiger partial charge is 0.396 e. The second-order valence-electron chi connectivity index (χ2n) is 3.60. The number of hydrogen-bond donors (Lipinski definition) is 4. The normalized spacial score (nSPS) is 11.1. The van der Waals surface area contributed by atoms with Crippen LogP contribution in [0.3, 0.4) is 0 Å². The summed E-state index contributed by atoms with van der Waals surface area (Å²) < 4.78 is 0. The molecule has 0 aliphatic rings. The Hall–Kier alpha value is -1.08. The minimum atomic E-state index is -0.229. The van der Waals surface area contributed by atoms with Gasteiger partial charge in [0.25, 0.3) is 0 Å². The van der Waals surface area contributed by atoms with Gasteiger partial charge in [0.05, 0.1) is 23.3 Å². The molecule has 0 fully saturated rings. The molecular formula is C10H18N4O2. The fourth-order valence-corrected chi connectivity index (χ4v) is 1.39. The maximum Gasteiger partial charge on any atom is 0.0754 e. The van der Waals surface area contributed by atoms with Crippen LogP contribution >= 0.6 is 0 Å². The third-order valence-electron chi connectivity index (χ3n) is 2.38. The summed E-state index contributed by atoms with van der Waals surface area (Å²) in [5.74, 6) is -0.229. The van der Waals surface area contributed by atoms with Crippen LogP contribution in [0.5, 0.6) is 0 Å². The van der Waals surface area contributed by atoms with Gasteiger partial charge in [0.2, 0.25) is 0 Å². The molecule has 0 radical (unpaired) electrons. The van der Waals surface area contributed by atoms with Crippen molar-refractivity contribution in [2.24, 2.45) is 17.4 Å². The van der Waals surface area contributed by atoms with Crippen LogP contribution in [0.4, 0.5) is 0 Å². The van der Waals surface area contributed by atoms with Crippen molar-refractivity contribution in [1.82, 2.24) is 9.97 Å². The highest BCUT2D eigenvalue weighted by Crippen LogP contribution is 2.10. The van der Waals surface area contributed by atoms with Crippen LogP contribution in [-0.4, -0.2) is 33.4 Å². The van der Waals surface area contributed by atoms with E-state index in [1.165, 1.54) is 0 Å². The highest BCUT2D eigenvalue weighted by atomic mass is 16.3. The van der Waals surface area contributed by atoms with Crippen LogP contribution in [0, 0.1) is 5.92 Å². The molecule has 16 heavy (non-hydrogen) atoms. The minimum Gasteiger partial charge on any atom is -0.396 e. The van der Waals surface area contributed by atoms with Crippen molar-refractivity contribution >= 4 is 0 Å². The first-order valence-electron chi connectivity index (χ1n) is 5.20. The van der Waals surface area contributed by atoms with Gasteiger partial charge in [0.15, 0.2) is 0 Å². The Morgan fingerprint density at radius 2 is 1.81 bits per heavy atom. The average Bonchev–Trinajstić information content (AvgIpc) is 2.35. The van der Waals surface area contributed by atoms with E-state index in [1.54, 1.807) is 6.20 Å². The lowest BCUT2D eigenvalue weighted by Gasteiger charge is -2.13. The van der Waals surface area contributed by atoms with Gasteiger partial charge in [-0.05, 0) is 6.42 Å². The summed E-state index contributed by atoms with van der Waals surface area (Å²) in [7, 11) is 0. The maximum atomic E-state index is 9.01. The van der Waals surface area contributed by atoms with Crippen molar-refractivity contribution in [3.8, 4) is 0 Å². The van der Waals surface area contributed by atoms with E-state index in [4.69, 9.17) is 21.7 Å². The molecule has 1 aromatic rings. The smallest absolute Gasteiger partial charge is 0.0754 e. The van der Waals surface area contributed by atoms with Crippen molar-refractivity contribution < 1.29 is 10.2 Å². The molecule has 0 aliphatic carbocycles. The summed E-state index contributed by atoms with van der Waals surface area (Å²) in [4.78, 5) is 8.47. The minimum absolute atomic E-state index is 0.0882. The van der Waals surface area contributed by atoms with E-state index in [9.17, 15) is 0 Å². The molecule has 0 spiro atoms. The number of nitrogens with zero attached hydrogens (tertiary/aromatic N) is 2. The molecule has 6 nitrogen and oxygen atoms in total. The van der Waals surface area contributed by atoms with Crippen molar-refractivity contribution in [3.05, 3.63) is 23.3 Å². The van der Waals surface area contributed by atoms with E-state index in [0.29, 0.717) is 30.0 Å². The molecule has 6 heteroatoms. The lowest BCUT2D eigenvalue weighted by Crippen LogP contribution is -2.19. The van der Waals surface area contributed by atoms with Gasteiger partial charge >= 0.3 is 0 Å². The Labute approximate surface area is 94.3 Å². The quantitative estimate of drug-likeness (QED) is 0.470. The standard InChI is InChI=1S/C10H18N4O2/c11-2-8-4-13-10(3-12)9(14-8)1-7(5-15)6-16/h4,7,15-16H,1-3,5-6,11-12H2. The van der Waals surface area contributed by atoms with Crippen molar-refractivity contribution in [1.29, 1.82) is 0 Å². The molecule has 6 N–H and O–H groups in total. The highest BCUT2D eigenvalue weighted by molar-refractivity contribution is 5.14. The van der Waals surface area contributed by atoms with Gasteiger partial charge in [-0.15, -0.1) is 0 Å². The zero-order valence-electron chi connectivity index (χ0n) is 9.13. The second-order valence-corrected chi connectivity index (χ2v) is 3.60. The predicted molar refractivity (Wildman–Crippen MR) is 59.2 cm³/mol. The van der Waals surface area contributed by atoms with Crippen LogP contribution in [0.15, 0.2) is 6.20 Å². The van der Waals surface area contributed by atoms with Crippen LogP contribution in [0.2, 0.25) is 0 Å². The number of nitrogens with two attached hydrogens (primary N) is 2. The first-order chi connectivity index (χ1) is 7.74. The molecule has 0 saturated carbocycles. The van der Waals surface area contributed by atoms with Gasteiger partial charge in [0.1, 0.15) is 0 Å². The van der Waals surface area contributed by atoms with E-state index in [0.717, 1.165) is 0 Å². The SMILES string of the molecule is NCc1cnc(CN)c(CC(CO)CO)n1. The summed E-state index contributed by atoms with van der Waals surface area (Å²) in [6.45, 7) is 0.425. The van der Waals surface area contributed by atoms with Crippen LogP contribution in [0.25, 0.3) is 0 Å². The third kappa shape index (κ3) is 3.21. The predicted octanol–water partition coefficient (Wildman–Crippen LogP) is -1.46. The summed E-state index contributed by atoms with van der Waals surface area (Å²) in [5, 5.41) is 18.0. The average molecular weight is 226 g/mol. The lowest BCUT2D eigenvalue weighted by atomic mass is 10.0. The summed E-state index contributed by atoms with van der Waals surface area (Å²) in [5.41, 5.74) is 13.1. The van der Waals surface area contributed by atoms with Gasteiger partial charge in [-0.1, -0.05) is 0 Å². The number of aliphatic hydroxyl groups is 2. The first-order valence-corrected chi connectivity index (χ1v) is 5.20. The number of rotatable bonds is 6. The Balaban J connectivity index is 2.90. The Morgan fingerprint density at radius 3 is 2.31 bits per heavy atom. The highest BCUT2D eigenvalue weighted by Gasteiger charge is 2.12. The Kier molecular flexibility index (Phi) is 5.27. The van der Waals surface area contributed by atoms with E-state index in [1.807, 2.05) is 0 Å². The maximum absolute atomic E-state index is 9.01. The Bertz CT molecular complexity index is 329. The number of hydrogen-bond acceptors (Lipinski definition) is 6. The summed E-state index contributed by atoms with van der Waals surface area (Å²) in [6, 6.07) is 0. The molecule has 90 valence electrons. The van der Waals surface area contributed by atoms with Gasteiger partial charge in [-0.2, -0.15) is 0 Å².